The van der Waals surface area contributed by atoms with Gasteiger partial charge >= 0.3 is 0 Å². The average molecular weight is 673 g/mol. The third kappa shape index (κ3) is 6.21. The van der Waals surface area contributed by atoms with Crippen molar-refractivity contribution < 1.29 is 33.3 Å². The summed E-state index contributed by atoms with van der Waals surface area (Å²) in [6.07, 6.45) is 13.4. The third-order valence-corrected chi connectivity index (χ3v) is 8.81. The number of ether oxygens (including phenoxy) is 1. The zero-order valence-electron chi connectivity index (χ0n) is 24.2. The molecular formula is C36H37IN2OS. The average Bonchev–Trinajstić information content (AvgIpc) is 3.48. The van der Waals surface area contributed by atoms with Gasteiger partial charge in [-0.05, 0) is 78.7 Å². The second kappa shape index (κ2) is 12.4. The Kier molecular flexibility index (Phi) is 8.85. The van der Waals surface area contributed by atoms with Gasteiger partial charge in [-0.25, -0.2) is 0 Å². The van der Waals surface area contributed by atoms with E-state index in [1.807, 2.05) is 11.3 Å². The second-order valence-corrected chi connectivity index (χ2v) is 12.4. The number of hydrogen-bond acceptors (Lipinski definition) is 3. The lowest BCUT2D eigenvalue weighted by Gasteiger charge is -2.30. The summed E-state index contributed by atoms with van der Waals surface area (Å²) in [7, 11) is 0. The van der Waals surface area contributed by atoms with Gasteiger partial charge in [0.05, 0.1) is 5.69 Å². The minimum Gasteiger partial charge on any atom is -1.00 e. The van der Waals surface area contributed by atoms with Crippen molar-refractivity contribution in [3.63, 3.8) is 0 Å². The van der Waals surface area contributed by atoms with Crippen LogP contribution in [0.25, 0.3) is 27.4 Å². The van der Waals surface area contributed by atoms with Crippen molar-refractivity contribution in [1.29, 1.82) is 0 Å². The van der Waals surface area contributed by atoms with Crippen molar-refractivity contribution in [1.82, 2.24) is 0 Å². The van der Waals surface area contributed by atoms with Crippen molar-refractivity contribution in [3.8, 4) is 16.9 Å². The van der Waals surface area contributed by atoms with Crippen molar-refractivity contribution in [2.75, 3.05) is 11.4 Å². The van der Waals surface area contributed by atoms with Gasteiger partial charge in [0, 0.05) is 18.7 Å². The minimum absolute atomic E-state index is 0. The first kappa shape index (κ1) is 29.3. The summed E-state index contributed by atoms with van der Waals surface area (Å²) in [4.78, 5) is 2.25. The van der Waals surface area contributed by atoms with Gasteiger partial charge < -0.3 is 33.6 Å². The highest BCUT2D eigenvalue weighted by Crippen LogP contribution is 2.42. The summed E-state index contributed by atoms with van der Waals surface area (Å²) < 4.78 is 10.1. The standard InChI is InChI=1S/C36H37N2OS.HI/c1-5-37-31-23-29(28-14-8-7-9-15-28)19-20-32(31)39-34(37)18-12-13-26-21-27(25-36(3,4)24-26)22-35-38(6-2)30-16-10-11-17-33(30)40-35;/h7-23H,5-6,24-25H2,1-4H3;1H/q+1;/p-1. The Labute approximate surface area is 265 Å². The van der Waals surface area contributed by atoms with Gasteiger partial charge in [0.1, 0.15) is 11.2 Å². The molecule has 0 fully saturated rings. The largest absolute Gasteiger partial charge is 1.00 e. The molecule has 0 saturated heterocycles. The van der Waals surface area contributed by atoms with Gasteiger partial charge in [-0.1, -0.05) is 91.9 Å². The number of thiazole rings is 1. The molecule has 1 aromatic heterocycles. The van der Waals surface area contributed by atoms with Crippen LogP contribution in [0.3, 0.4) is 0 Å². The zero-order chi connectivity index (χ0) is 27.7. The van der Waals surface area contributed by atoms with Crippen LogP contribution < -0.4 is 38.2 Å². The first-order chi connectivity index (χ1) is 19.4. The lowest BCUT2D eigenvalue weighted by Crippen LogP contribution is -3.00. The van der Waals surface area contributed by atoms with E-state index in [1.54, 1.807) is 0 Å². The number of anilines is 1. The molecule has 0 bridgehead atoms. The predicted octanol–water partition coefficient (Wildman–Crippen LogP) is 6.33. The van der Waals surface area contributed by atoms with E-state index in [2.05, 4.69) is 140 Å². The van der Waals surface area contributed by atoms with E-state index in [9.17, 15) is 0 Å². The van der Waals surface area contributed by atoms with Crippen LogP contribution >= 0.6 is 11.3 Å². The smallest absolute Gasteiger partial charge is 0.263 e. The molecule has 0 saturated carbocycles. The first-order valence-corrected chi connectivity index (χ1v) is 15.1. The van der Waals surface area contributed by atoms with Gasteiger partial charge in [-0.3, -0.25) is 0 Å². The van der Waals surface area contributed by atoms with E-state index in [-0.39, 0.29) is 29.4 Å². The molecule has 0 unspecified atom stereocenters. The van der Waals surface area contributed by atoms with Crippen molar-refractivity contribution in [2.24, 2.45) is 5.41 Å². The molecule has 1 aliphatic heterocycles. The summed E-state index contributed by atoms with van der Waals surface area (Å²) in [5.74, 6) is 1.79. The van der Waals surface area contributed by atoms with E-state index in [4.69, 9.17) is 4.74 Å². The molecule has 1 aliphatic carbocycles. The van der Waals surface area contributed by atoms with Crippen LogP contribution in [-0.4, -0.2) is 6.54 Å². The molecule has 41 heavy (non-hydrogen) atoms. The Bertz CT molecular complexity index is 1680. The number of fused-ring (bicyclic) bond motifs is 2. The molecule has 0 amide bonds. The van der Waals surface area contributed by atoms with E-state index in [0.717, 1.165) is 43.3 Å². The molecule has 0 spiro atoms. The Morgan fingerprint density at radius 3 is 2.51 bits per heavy atom. The summed E-state index contributed by atoms with van der Waals surface area (Å²) in [6, 6.07) is 25.7. The summed E-state index contributed by atoms with van der Waals surface area (Å²) >= 11 is 1.88. The Morgan fingerprint density at radius 2 is 1.73 bits per heavy atom. The number of hydrogen-bond donors (Lipinski definition) is 0. The topological polar surface area (TPSA) is 16.4 Å². The Morgan fingerprint density at radius 1 is 0.951 bits per heavy atom. The van der Waals surface area contributed by atoms with E-state index >= 15 is 0 Å². The molecule has 4 aromatic rings. The van der Waals surface area contributed by atoms with Crippen LogP contribution in [0.4, 0.5) is 5.69 Å². The highest BCUT2D eigenvalue weighted by Gasteiger charge is 2.27. The zero-order valence-corrected chi connectivity index (χ0v) is 27.2. The summed E-state index contributed by atoms with van der Waals surface area (Å²) in [6.45, 7) is 11.0. The Hall–Kier alpha value is -3.16. The number of allylic oxidation sites excluding steroid dienone is 6. The summed E-state index contributed by atoms with van der Waals surface area (Å²) in [5.41, 5.74) is 7.83. The van der Waals surface area contributed by atoms with Gasteiger partial charge in [0.25, 0.3) is 5.01 Å². The normalized spacial score (nSPS) is 18.0. The number of aromatic nitrogens is 1. The minimum atomic E-state index is 0. The summed E-state index contributed by atoms with van der Waals surface area (Å²) in [5, 5.41) is 1.32. The maximum atomic E-state index is 6.29. The molecule has 210 valence electrons. The first-order valence-electron chi connectivity index (χ1n) is 14.3. The van der Waals surface area contributed by atoms with Gasteiger partial charge in [-0.2, -0.15) is 4.57 Å². The third-order valence-electron chi connectivity index (χ3n) is 7.70. The number of nitrogens with zero attached hydrogens (tertiary/aromatic N) is 2. The van der Waals surface area contributed by atoms with Crippen molar-refractivity contribution in [2.45, 2.75) is 47.1 Å². The molecule has 2 aliphatic rings. The van der Waals surface area contributed by atoms with Crippen LogP contribution in [0.1, 0.15) is 45.5 Å². The van der Waals surface area contributed by atoms with Crippen LogP contribution in [0.15, 0.2) is 114 Å². The molecular weight excluding hydrogens is 635 g/mol. The number of rotatable bonds is 6. The highest BCUT2D eigenvalue weighted by molar-refractivity contribution is 7.18. The molecule has 5 heteroatoms. The number of benzene rings is 3. The predicted molar refractivity (Wildman–Crippen MR) is 170 cm³/mol. The number of halogens is 1. The molecule has 0 radical (unpaired) electrons. The molecule has 3 nitrogen and oxygen atoms in total. The van der Waals surface area contributed by atoms with E-state index in [1.165, 1.54) is 37.5 Å². The van der Waals surface area contributed by atoms with Crippen LogP contribution in [-0.2, 0) is 6.54 Å². The number of para-hydroxylation sites is 1. The molecule has 0 atom stereocenters. The lowest BCUT2D eigenvalue weighted by atomic mass is 9.75. The quantitative estimate of drug-likeness (QED) is 0.176. The molecule has 2 heterocycles. The molecule has 3 aromatic carbocycles. The van der Waals surface area contributed by atoms with Crippen molar-refractivity contribution >= 4 is 33.3 Å². The van der Waals surface area contributed by atoms with Crippen LogP contribution in [0.2, 0.25) is 0 Å². The van der Waals surface area contributed by atoms with Crippen LogP contribution in [0.5, 0.6) is 5.75 Å². The monoisotopic (exact) mass is 672 g/mol. The van der Waals surface area contributed by atoms with Gasteiger partial charge in [-0.15, -0.1) is 0 Å². The SMILES string of the molecule is CCN1/C(=C/C=C/C2=CC(=C\c3sc4ccccc4[n+]3CC)/CC(C)(C)C2)Oc2ccc(-c3ccccc3)cc21.[I-]. The van der Waals surface area contributed by atoms with Crippen molar-refractivity contribution in [3.05, 3.63) is 119 Å². The second-order valence-electron chi connectivity index (χ2n) is 11.4. The van der Waals surface area contributed by atoms with E-state index < -0.39 is 0 Å². The maximum absolute atomic E-state index is 6.29. The van der Waals surface area contributed by atoms with E-state index in [0.29, 0.717) is 0 Å². The Balaban J connectivity index is 0.00000337. The van der Waals surface area contributed by atoms with Gasteiger partial charge in [0.2, 0.25) is 11.4 Å². The molecule has 0 N–H and O–H groups in total. The number of aryl methyl sites for hydroxylation is 1. The lowest BCUT2D eigenvalue weighted by molar-refractivity contribution is -0.665. The fourth-order valence-electron chi connectivity index (χ4n) is 5.97. The fraction of sp³-hybridized carbons (Fsp3) is 0.250. The fourth-order valence-corrected chi connectivity index (χ4v) is 7.17. The maximum Gasteiger partial charge on any atom is 0.263 e. The van der Waals surface area contributed by atoms with Gasteiger partial charge in [0.15, 0.2) is 5.75 Å². The highest BCUT2D eigenvalue weighted by atomic mass is 127. The molecule has 6 rings (SSSR count). The van der Waals surface area contributed by atoms with Crippen LogP contribution in [0, 0.1) is 5.41 Å².